The van der Waals surface area contributed by atoms with Gasteiger partial charge in [0.1, 0.15) is 0 Å². The Labute approximate surface area is 119 Å². The van der Waals surface area contributed by atoms with E-state index in [0.29, 0.717) is 15.8 Å². The zero-order valence-corrected chi connectivity index (χ0v) is 15.5. The molecular formula is C15H31P3. The number of hydrogen-bond donors (Lipinski definition) is 0. The van der Waals surface area contributed by atoms with Crippen LogP contribution in [0, 0.1) is 0 Å². The molecule has 0 amide bonds. The molecule has 1 rings (SSSR count). The van der Waals surface area contributed by atoms with E-state index in [1.54, 1.807) is 0 Å². The maximum Gasteiger partial charge on any atom is -0.0249 e. The average molecular weight is 304 g/mol. The number of allylic oxidation sites excluding steroid dienone is 2. The largest absolute Gasteiger partial charge is 0.113 e. The van der Waals surface area contributed by atoms with Crippen molar-refractivity contribution in [3.05, 3.63) is 11.4 Å². The summed E-state index contributed by atoms with van der Waals surface area (Å²) in [6, 6.07) is 0. The molecule has 0 N–H and O–H groups in total. The van der Waals surface area contributed by atoms with Crippen LogP contribution in [0.2, 0.25) is 0 Å². The van der Waals surface area contributed by atoms with Gasteiger partial charge >= 0.3 is 0 Å². The molecule has 0 bridgehead atoms. The maximum atomic E-state index is 2.61. The van der Waals surface area contributed by atoms with Gasteiger partial charge in [-0.2, -0.15) is 0 Å². The highest BCUT2D eigenvalue weighted by atomic mass is 31.1. The summed E-state index contributed by atoms with van der Waals surface area (Å²) in [5, 5.41) is 1.89. The molecule has 1 unspecified atom stereocenters. The molecule has 0 heterocycles. The van der Waals surface area contributed by atoms with Gasteiger partial charge in [-0.1, -0.05) is 19.3 Å². The van der Waals surface area contributed by atoms with Crippen LogP contribution < -0.4 is 0 Å². The van der Waals surface area contributed by atoms with Crippen LogP contribution in [0.4, 0.5) is 0 Å². The molecule has 0 saturated heterocycles. The molecule has 1 aliphatic carbocycles. The molecule has 0 aromatic heterocycles. The van der Waals surface area contributed by atoms with Crippen molar-refractivity contribution in [3.8, 4) is 0 Å². The lowest BCUT2D eigenvalue weighted by Gasteiger charge is -2.25. The van der Waals surface area contributed by atoms with E-state index in [1.165, 1.54) is 56.8 Å². The van der Waals surface area contributed by atoms with Crippen molar-refractivity contribution >= 4 is 23.8 Å². The fourth-order valence-corrected chi connectivity index (χ4v) is 8.21. The van der Waals surface area contributed by atoms with Gasteiger partial charge in [0.05, 0.1) is 0 Å². The molecule has 0 aliphatic heterocycles. The Hall–Kier alpha value is 1.03. The summed E-state index contributed by atoms with van der Waals surface area (Å²) in [5.74, 6) is 0. The monoisotopic (exact) mass is 304 g/mol. The van der Waals surface area contributed by atoms with Crippen LogP contribution in [-0.4, -0.2) is 51.3 Å². The van der Waals surface area contributed by atoms with Crippen LogP contribution in [0.5, 0.6) is 0 Å². The molecule has 0 aromatic rings. The Morgan fingerprint density at radius 2 is 1.61 bits per heavy atom. The summed E-state index contributed by atoms with van der Waals surface area (Å²) in [7, 11) is 0.882. The first kappa shape index (κ1) is 17.1. The van der Waals surface area contributed by atoms with Gasteiger partial charge in [0.25, 0.3) is 0 Å². The molecule has 1 aliphatic rings. The van der Waals surface area contributed by atoms with Crippen molar-refractivity contribution in [2.75, 3.05) is 51.3 Å². The molecule has 0 aromatic carbocycles. The molecule has 18 heavy (non-hydrogen) atoms. The summed E-state index contributed by atoms with van der Waals surface area (Å²) in [5.41, 5.74) is 0. The van der Waals surface area contributed by atoms with E-state index in [0.717, 1.165) is 0 Å². The Bertz CT molecular complexity index is 246. The molecule has 0 spiro atoms. The van der Waals surface area contributed by atoms with Gasteiger partial charge in [0.2, 0.25) is 0 Å². The van der Waals surface area contributed by atoms with Crippen LogP contribution >= 0.6 is 23.8 Å². The van der Waals surface area contributed by atoms with E-state index < -0.39 is 0 Å². The minimum atomic E-state index is 0.246. The van der Waals surface area contributed by atoms with Crippen LogP contribution in [0.1, 0.15) is 32.1 Å². The third-order valence-electron chi connectivity index (χ3n) is 3.52. The lowest BCUT2D eigenvalue weighted by Crippen LogP contribution is -2.01. The summed E-state index contributed by atoms with van der Waals surface area (Å²) in [6.07, 6.45) is 15.9. The van der Waals surface area contributed by atoms with Crippen molar-refractivity contribution in [1.82, 2.24) is 0 Å². The van der Waals surface area contributed by atoms with Gasteiger partial charge in [-0.15, -0.1) is 15.8 Å². The second-order valence-corrected chi connectivity index (χ2v) is 13.7. The SMILES string of the molecule is CP(C)CCCP(CCP(C)C)C1=CCCCC1. The van der Waals surface area contributed by atoms with E-state index in [2.05, 4.69) is 32.7 Å². The maximum absolute atomic E-state index is 2.61. The van der Waals surface area contributed by atoms with Crippen molar-refractivity contribution < 1.29 is 0 Å². The first-order valence-corrected chi connectivity index (χ1v) is 13.9. The molecule has 0 radical (unpaired) electrons. The smallest absolute Gasteiger partial charge is 0.0249 e. The van der Waals surface area contributed by atoms with E-state index in [-0.39, 0.29) is 7.92 Å². The quantitative estimate of drug-likeness (QED) is 0.497. The Kier molecular flexibility index (Phi) is 9.36. The fraction of sp³-hybridized carbons (Fsp3) is 0.867. The fourth-order valence-electron chi connectivity index (χ4n) is 2.41. The summed E-state index contributed by atoms with van der Waals surface area (Å²) >= 11 is 0. The number of hydrogen-bond acceptors (Lipinski definition) is 0. The minimum absolute atomic E-state index is 0.246. The molecule has 106 valence electrons. The predicted octanol–water partition coefficient (Wildman–Crippen LogP) is 5.80. The van der Waals surface area contributed by atoms with E-state index >= 15 is 0 Å². The summed E-state index contributed by atoms with van der Waals surface area (Å²) in [6.45, 7) is 9.73. The second-order valence-electron chi connectivity index (χ2n) is 5.89. The average Bonchev–Trinajstić information content (AvgIpc) is 2.34. The van der Waals surface area contributed by atoms with Crippen LogP contribution in [0.15, 0.2) is 11.4 Å². The van der Waals surface area contributed by atoms with Gasteiger partial charge in [-0.3, -0.25) is 0 Å². The zero-order chi connectivity index (χ0) is 13.4. The van der Waals surface area contributed by atoms with E-state index in [1.807, 2.05) is 5.31 Å². The Balaban J connectivity index is 2.43. The highest BCUT2D eigenvalue weighted by Crippen LogP contribution is 2.51. The van der Waals surface area contributed by atoms with Crippen molar-refractivity contribution in [2.24, 2.45) is 0 Å². The zero-order valence-electron chi connectivity index (χ0n) is 12.8. The van der Waals surface area contributed by atoms with Gasteiger partial charge in [-0.25, -0.2) is 0 Å². The molecule has 0 fully saturated rings. The Morgan fingerprint density at radius 3 is 2.17 bits per heavy atom. The highest BCUT2D eigenvalue weighted by Gasteiger charge is 2.16. The normalized spacial score (nSPS) is 18.2. The molecule has 1 atom stereocenters. The first-order chi connectivity index (χ1) is 8.59. The first-order valence-electron chi connectivity index (χ1n) is 7.33. The van der Waals surface area contributed by atoms with Crippen LogP contribution in [0.25, 0.3) is 0 Å². The van der Waals surface area contributed by atoms with Crippen LogP contribution in [-0.2, 0) is 0 Å². The number of rotatable bonds is 8. The molecular weight excluding hydrogens is 273 g/mol. The predicted molar refractivity (Wildman–Crippen MR) is 95.1 cm³/mol. The third kappa shape index (κ3) is 7.58. The van der Waals surface area contributed by atoms with Gasteiger partial charge in [-0.05, 0) is 83.4 Å². The van der Waals surface area contributed by atoms with E-state index in [9.17, 15) is 0 Å². The Morgan fingerprint density at radius 1 is 0.889 bits per heavy atom. The third-order valence-corrected chi connectivity index (χ3v) is 9.04. The standard InChI is InChI=1S/C15H31P3/c1-16(2)11-8-12-18(14-13-17(3)4)15-9-6-5-7-10-15/h9H,5-8,10-14H2,1-4H3. The van der Waals surface area contributed by atoms with E-state index in [4.69, 9.17) is 0 Å². The molecule has 0 nitrogen and oxygen atoms in total. The molecule has 3 heteroatoms. The van der Waals surface area contributed by atoms with Crippen LogP contribution in [0.3, 0.4) is 0 Å². The minimum Gasteiger partial charge on any atom is -0.113 e. The van der Waals surface area contributed by atoms with Crippen molar-refractivity contribution in [2.45, 2.75) is 32.1 Å². The van der Waals surface area contributed by atoms with Crippen molar-refractivity contribution in [1.29, 1.82) is 0 Å². The van der Waals surface area contributed by atoms with Gasteiger partial charge < -0.3 is 0 Å². The summed E-state index contributed by atoms with van der Waals surface area (Å²) in [4.78, 5) is 0. The highest BCUT2D eigenvalue weighted by molar-refractivity contribution is 7.64. The lowest BCUT2D eigenvalue weighted by molar-refractivity contribution is 0.721. The van der Waals surface area contributed by atoms with Gasteiger partial charge in [0.15, 0.2) is 0 Å². The molecule has 0 saturated carbocycles. The van der Waals surface area contributed by atoms with Crippen molar-refractivity contribution in [3.63, 3.8) is 0 Å². The second kappa shape index (κ2) is 9.86. The topological polar surface area (TPSA) is 0 Å². The summed E-state index contributed by atoms with van der Waals surface area (Å²) < 4.78 is 0. The van der Waals surface area contributed by atoms with Gasteiger partial charge in [0, 0.05) is 0 Å². The lowest BCUT2D eigenvalue weighted by atomic mass is 10.1.